The Bertz CT molecular complexity index is 1450. The molecular formula is C27H31N3O5S3. The highest BCUT2D eigenvalue weighted by molar-refractivity contribution is 7.98. The number of nitrogens with one attached hydrogen (secondary N) is 1. The van der Waals surface area contributed by atoms with Crippen LogP contribution < -0.4 is 5.32 Å². The number of carbonyl (C=O) groups excluding carboxylic acids is 1. The van der Waals surface area contributed by atoms with Crippen LogP contribution in [0.4, 0.5) is 0 Å². The molecule has 1 aliphatic heterocycles. The van der Waals surface area contributed by atoms with Crippen molar-refractivity contribution in [2.24, 2.45) is 0 Å². The first kappa shape index (κ1) is 28.3. The second-order valence-corrected chi connectivity index (χ2v) is 13.9. The van der Waals surface area contributed by atoms with Crippen molar-refractivity contribution < 1.29 is 21.6 Å². The van der Waals surface area contributed by atoms with Gasteiger partial charge in [-0.3, -0.25) is 4.79 Å². The van der Waals surface area contributed by atoms with Crippen molar-refractivity contribution in [2.75, 3.05) is 31.9 Å². The molecule has 8 nitrogen and oxygen atoms in total. The average molecular weight is 574 g/mol. The molecule has 1 heterocycles. The number of sulfonamides is 2. The molecule has 1 amide bonds. The summed E-state index contributed by atoms with van der Waals surface area (Å²) < 4.78 is 55.8. The maximum atomic E-state index is 13.5. The fourth-order valence-corrected chi connectivity index (χ4v) is 8.14. The second kappa shape index (κ2) is 12.4. The third-order valence-electron chi connectivity index (χ3n) is 6.22. The number of piperazine rings is 1. The van der Waals surface area contributed by atoms with Gasteiger partial charge in [0.25, 0.3) is 0 Å². The zero-order valence-corrected chi connectivity index (χ0v) is 23.5. The summed E-state index contributed by atoms with van der Waals surface area (Å²) in [6.07, 6.45) is 0. The van der Waals surface area contributed by atoms with Gasteiger partial charge < -0.3 is 5.32 Å². The molecule has 0 aliphatic carbocycles. The number of benzene rings is 3. The SMILES string of the molecule is Cc1cccc(CSCCNC(=O)[C@@H]2CN(S(=O)(=O)c3ccccc3)CCN2S(=O)(=O)c2ccccc2)c1. The van der Waals surface area contributed by atoms with Crippen LogP contribution in [-0.4, -0.2) is 69.3 Å². The number of rotatable bonds is 10. The topological polar surface area (TPSA) is 104 Å². The molecule has 1 saturated heterocycles. The fraction of sp³-hybridized carbons (Fsp3) is 0.296. The van der Waals surface area contributed by atoms with E-state index >= 15 is 0 Å². The van der Waals surface area contributed by atoms with E-state index in [1.165, 1.54) is 39.7 Å². The van der Waals surface area contributed by atoms with Crippen molar-refractivity contribution in [1.29, 1.82) is 0 Å². The van der Waals surface area contributed by atoms with Gasteiger partial charge in [-0.25, -0.2) is 16.8 Å². The Hall–Kier alpha value is -2.70. The summed E-state index contributed by atoms with van der Waals surface area (Å²) in [5.41, 5.74) is 2.37. The highest BCUT2D eigenvalue weighted by Crippen LogP contribution is 2.25. The minimum absolute atomic E-state index is 0.0561. The molecule has 38 heavy (non-hydrogen) atoms. The average Bonchev–Trinajstić information content (AvgIpc) is 2.93. The highest BCUT2D eigenvalue weighted by atomic mass is 32.2. The van der Waals surface area contributed by atoms with Crippen molar-refractivity contribution in [3.05, 3.63) is 96.1 Å². The van der Waals surface area contributed by atoms with Crippen LogP contribution in [0, 0.1) is 6.92 Å². The molecule has 4 rings (SSSR count). The van der Waals surface area contributed by atoms with E-state index < -0.39 is 32.0 Å². The molecule has 3 aromatic rings. The van der Waals surface area contributed by atoms with Crippen molar-refractivity contribution >= 4 is 37.7 Å². The van der Waals surface area contributed by atoms with Crippen LogP contribution in [0.3, 0.4) is 0 Å². The van der Waals surface area contributed by atoms with E-state index in [0.29, 0.717) is 12.3 Å². The van der Waals surface area contributed by atoms with Gasteiger partial charge in [-0.2, -0.15) is 20.4 Å². The van der Waals surface area contributed by atoms with Crippen LogP contribution in [0.1, 0.15) is 11.1 Å². The third kappa shape index (κ3) is 6.65. The predicted octanol–water partition coefficient (Wildman–Crippen LogP) is 3.11. The molecule has 0 saturated carbocycles. The van der Waals surface area contributed by atoms with E-state index in [1.54, 1.807) is 48.2 Å². The Kier molecular flexibility index (Phi) is 9.27. The number of hydrogen-bond donors (Lipinski definition) is 1. The molecule has 1 fully saturated rings. The van der Waals surface area contributed by atoms with E-state index in [0.717, 1.165) is 10.1 Å². The summed E-state index contributed by atoms with van der Waals surface area (Å²) in [4.78, 5) is 13.5. The Morgan fingerprint density at radius 3 is 2.13 bits per heavy atom. The summed E-state index contributed by atoms with van der Waals surface area (Å²) in [6.45, 7) is 1.90. The van der Waals surface area contributed by atoms with Gasteiger partial charge in [0.05, 0.1) is 9.79 Å². The highest BCUT2D eigenvalue weighted by Gasteiger charge is 2.43. The predicted molar refractivity (Wildman–Crippen MR) is 150 cm³/mol. The Morgan fingerprint density at radius 2 is 1.50 bits per heavy atom. The number of hydrogen-bond acceptors (Lipinski definition) is 6. The van der Waals surface area contributed by atoms with E-state index in [2.05, 4.69) is 17.4 Å². The fourth-order valence-electron chi connectivity index (χ4n) is 4.29. The van der Waals surface area contributed by atoms with E-state index in [-0.39, 0.29) is 29.4 Å². The maximum absolute atomic E-state index is 13.5. The van der Waals surface area contributed by atoms with Crippen molar-refractivity contribution in [3.63, 3.8) is 0 Å². The zero-order valence-electron chi connectivity index (χ0n) is 21.1. The van der Waals surface area contributed by atoms with Crippen LogP contribution in [0.2, 0.25) is 0 Å². The molecule has 202 valence electrons. The molecule has 0 unspecified atom stereocenters. The molecule has 0 aromatic heterocycles. The first-order valence-electron chi connectivity index (χ1n) is 12.2. The lowest BCUT2D eigenvalue weighted by molar-refractivity contribution is -0.125. The summed E-state index contributed by atoms with van der Waals surface area (Å²) >= 11 is 1.66. The van der Waals surface area contributed by atoms with Gasteiger partial charge in [0.2, 0.25) is 26.0 Å². The van der Waals surface area contributed by atoms with Gasteiger partial charge in [0.15, 0.2) is 0 Å². The molecule has 1 N–H and O–H groups in total. The van der Waals surface area contributed by atoms with Gasteiger partial charge in [-0.05, 0) is 36.8 Å². The van der Waals surface area contributed by atoms with Gasteiger partial charge in [-0.1, -0.05) is 66.2 Å². The molecular weight excluding hydrogens is 543 g/mol. The van der Waals surface area contributed by atoms with Gasteiger partial charge in [0, 0.05) is 37.7 Å². The molecule has 0 bridgehead atoms. The van der Waals surface area contributed by atoms with Crippen molar-refractivity contribution in [3.8, 4) is 0 Å². The first-order chi connectivity index (χ1) is 18.2. The normalized spacial score (nSPS) is 17.2. The van der Waals surface area contributed by atoms with Crippen molar-refractivity contribution in [2.45, 2.75) is 28.5 Å². The summed E-state index contributed by atoms with van der Waals surface area (Å²) in [5.74, 6) is 0.899. The number of nitrogens with zero attached hydrogens (tertiary/aromatic N) is 2. The van der Waals surface area contributed by atoms with Crippen molar-refractivity contribution in [1.82, 2.24) is 13.9 Å². The van der Waals surface area contributed by atoms with E-state index in [1.807, 2.05) is 19.1 Å². The number of aryl methyl sites for hydroxylation is 1. The Morgan fingerprint density at radius 1 is 0.868 bits per heavy atom. The van der Waals surface area contributed by atoms with Crippen LogP contribution >= 0.6 is 11.8 Å². The van der Waals surface area contributed by atoms with Crippen LogP contribution in [0.25, 0.3) is 0 Å². The van der Waals surface area contributed by atoms with Crippen LogP contribution in [0.15, 0.2) is 94.7 Å². The lowest BCUT2D eigenvalue weighted by Gasteiger charge is -2.38. The Labute approximate surface area is 229 Å². The van der Waals surface area contributed by atoms with E-state index in [9.17, 15) is 21.6 Å². The van der Waals surface area contributed by atoms with E-state index in [4.69, 9.17) is 0 Å². The first-order valence-corrected chi connectivity index (χ1v) is 16.3. The number of carbonyl (C=O) groups is 1. The maximum Gasteiger partial charge on any atom is 0.243 e. The quantitative estimate of drug-likeness (QED) is 0.374. The molecule has 0 radical (unpaired) electrons. The molecule has 3 aromatic carbocycles. The number of thioether (sulfide) groups is 1. The summed E-state index contributed by atoms with van der Waals surface area (Å²) in [6, 6.07) is 22.8. The third-order valence-corrected chi connectivity index (χ3v) is 11.1. The largest absolute Gasteiger partial charge is 0.354 e. The summed E-state index contributed by atoms with van der Waals surface area (Å²) in [7, 11) is -7.92. The van der Waals surface area contributed by atoms with Gasteiger partial charge in [0.1, 0.15) is 6.04 Å². The zero-order chi connectivity index (χ0) is 27.2. The number of amides is 1. The molecule has 1 aliphatic rings. The monoisotopic (exact) mass is 573 g/mol. The smallest absolute Gasteiger partial charge is 0.243 e. The lowest BCUT2D eigenvalue weighted by Crippen LogP contribution is -2.61. The standard InChI is InChI=1S/C27H31N3O5S3/c1-22-9-8-10-23(19-22)21-36-18-15-28-27(31)26-20-29(37(32,33)24-11-4-2-5-12-24)16-17-30(26)38(34,35)25-13-6-3-7-14-25/h2-14,19,26H,15-18,20-21H2,1H3,(H,28,31)/t26-/m0/s1. The van der Waals surface area contributed by atoms with Crippen LogP contribution in [0.5, 0.6) is 0 Å². The second-order valence-electron chi connectivity index (χ2n) is 8.95. The molecule has 0 spiro atoms. The minimum atomic E-state index is -4.02. The lowest BCUT2D eigenvalue weighted by atomic mass is 10.2. The minimum Gasteiger partial charge on any atom is -0.354 e. The Balaban J connectivity index is 1.48. The van der Waals surface area contributed by atoms with Crippen LogP contribution in [-0.2, 0) is 30.6 Å². The van der Waals surface area contributed by atoms with Gasteiger partial charge >= 0.3 is 0 Å². The summed E-state index contributed by atoms with van der Waals surface area (Å²) in [5, 5.41) is 2.83. The molecule has 11 heteroatoms. The van der Waals surface area contributed by atoms with Gasteiger partial charge in [-0.15, -0.1) is 0 Å². The molecule has 1 atom stereocenters.